The van der Waals surface area contributed by atoms with Crippen molar-refractivity contribution in [2.45, 2.75) is 0 Å². The molecule has 0 saturated heterocycles. The minimum absolute atomic E-state index is 0.433. The second kappa shape index (κ2) is 2.77. The van der Waals surface area contributed by atoms with Crippen LogP contribution in [0.25, 0.3) is 6.08 Å². The van der Waals surface area contributed by atoms with Crippen LogP contribution in [0.15, 0.2) is 12.4 Å². The molecule has 0 aliphatic rings. The lowest BCUT2D eigenvalue weighted by molar-refractivity contribution is -0.131. The third-order valence-corrected chi connectivity index (χ3v) is 0.817. The van der Waals surface area contributed by atoms with Gasteiger partial charge in [-0.3, -0.25) is 5.10 Å². The van der Waals surface area contributed by atoms with E-state index in [-0.39, 0.29) is 0 Å². The van der Waals surface area contributed by atoms with E-state index in [0.717, 1.165) is 6.08 Å². The van der Waals surface area contributed by atoms with Gasteiger partial charge in [0.1, 0.15) is 12.2 Å². The Morgan fingerprint density at radius 1 is 1.80 bits per heavy atom. The molecule has 10 heavy (non-hydrogen) atoms. The summed E-state index contributed by atoms with van der Waals surface area (Å²) in [7, 11) is 0. The molecule has 0 aromatic carbocycles. The standard InChI is InChI=1S/C5H5N3O2/c9-5(10)2-1-4-6-3-7-8-4/h1-3H,(H,9,10)(H,6,7,8). The highest BCUT2D eigenvalue weighted by Crippen LogP contribution is 1.87. The lowest BCUT2D eigenvalue weighted by Crippen LogP contribution is -1.86. The molecule has 0 aliphatic carbocycles. The van der Waals surface area contributed by atoms with Gasteiger partial charge in [0.25, 0.3) is 0 Å². The lowest BCUT2D eigenvalue weighted by Gasteiger charge is -1.77. The molecular weight excluding hydrogens is 134 g/mol. The van der Waals surface area contributed by atoms with Gasteiger partial charge in [-0.05, 0) is 6.08 Å². The first kappa shape index (κ1) is 6.47. The van der Waals surface area contributed by atoms with E-state index in [0.29, 0.717) is 5.82 Å². The maximum absolute atomic E-state index is 9.95. The number of carboxylic acids is 1. The highest BCUT2D eigenvalue weighted by atomic mass is 16.4. The van der Waals surface area contributed by atoms with E-state index in [4.69, 9.17) is 5.11 Å². The fraction of sp³-hybridized carbons (Fsp3) is 0. The number of hydrogen-bond donors (Lipinski definition) is 2. The second-order valence-corrected chi connectivity index (χ2v) is 1.54. The van der Waals surface area contributed by atoms with Crippen molar-refractivity contribution < 1.29 is 9.90 Å². The molecule has 0 radical (unpaired) electrons. The topological polar surface area (TPSA) is 78.9 Å². The number of nitrogens with one attached hydrogen (secondary N) is 1. The summed E-state index contributed by atoms with van der Waals surface area (Å²) < 4.78 is 0. The number of carbonyl (C=O) groups is 1. The number of aromatic nitrogens is 3. The Kier molecular flexibility index (Phi) is 1.79. The number of rotatable bonds is 2. The third-order valence-electron chi connectivity index (χ3n) is 0.817. The molecule has 1 heterocycles. The highest BCUT2D eigenvalue weighted by molar-refractivity contribution is 5.84. The Bertz CT molecular complexity index is 239. The molecule has 0 saturated carbocycles. The van der Waals surface area contributed by atoms with Crippen LogP contribution in [0, 0.1) is 0 Å². The molecule has 0 bridgehead atoms. The van der Waals surface area contributed by atoms with Crippen LogP contribution in [-0.4, -0.2) is 26.3 Å². The Hall–Kier alpha value is -1.65. The molecule has 52 valence electrons. The van der Waals surface area contributed by atoms with Crippen molar-refractivity contribution >= 4 is 12.0 Å². The zero-order valence-corrected chi connectivity index (χ0v) is 4.98. The number of nitrogens with zero attached hydrogens (tertiary/aromatic N) is 2. The predicted molar refractivity (Wildman–Crippen MR) is 33.1 cm³/mol. The normalized spacial score (nSPS) is 10.4. The molecule has 0 atom stereocenters. The molecule has 1 rings (SSSR count). The minimum atomic E-state index is -1.00. The zero-order valence-electron chi connectivity index (χ0n) is 4.98. The van der Waals surface area contributed by atoms with Crippen LogP contribution >= 0.6 is 0 Å². The van der Waals surface area contributed by atoms with Crippen molar-refractivity contribution in [3.05, 3.63) is 18.2 Å². The van der Waals surface area contributed by atoms with Crippen LogP contribution < -0.4 is 0 Å². The van der Waals surface area contributed by atoms with E-state index >= 15 is 0 Å². The summed E-state index contributed by atoms with van der Waals surface area (Å²) in [6.45, 7) is 0. The number of hydrogen-bond acceptors (Lipinski definition) is 3. The molecule has 0 fully saturated rings. The fourth-order valence-corrected chi connectivity index (χ4v) is 0.445. The lowest BCUT2D eigenvalue weighted by atomic mass is 10.5. The van der Waals surface area contributed by atoms with Gasteiger partial charge in [-0.25, -0.2) is 9.78 Å². The highest BCUT2D eigenvalue weighted by Gasteiger charge is 1.88. The van der Waals surface area contributed by atoms with Gasteiger partial charge in [0.2, 0.25) is 0 Å². The van der Waals surface area contributed by atoms with E-state index in [1.54, 1.807) is 0 Å². The molecule has 1 aromatic rings. The van der Waals surface area contributed by atoms with Crippen LogP contribution in [0.4, 0.5) is 0 Å². The molecule has 0 amide bonds. The van der Waals surface area contributed by atoms with Gasteiger partial charge >= 0.3 is 5.97 Å². The van der Waals surface area contributed by atoms with Crippen molar-refractivity contribution in [1.29, 1.82) is 0 Å². The summed E-state index contributed by atoms with van der Waals surface area (Å²) in [5.41, 5.74) is 0. The average molecular weight is 139 g/mol. The number of aromatic amines is 1. The summed E-state index contributed by atoms with van der Waals surface area (Å²) in [4.78, 5) is 13.6. The second-order valence-electron chi connectivity index (χ2n) is 1.54. The van der Waals surface area contributed by atoms with Gasteiger partial charge in [-0.2, -0.15) is 5.10 Å². The first-order valence-electron chi connectivity index (χ1n) is 2.55. The molecule has 0 aliphatic heterocycles. The van der Waals surface area contributed by atoms with E-state index in [1.807, 2.05) is 0 Å². The van der Waals surface area contributed by atoms with E-state index < -0.39 is 5.97 Å². The van der Waals surface area contributed by atoms with Crippen molar-refractivity contribution in [3.8, 4) is 0 Å². The maximum Gasteiger partial charge on any atom is 0.328 e. The van der Waals surface area contributed by atoms with Crippen LogP contribution in [0.2, 0.25) is 0 Å². The fourth-order valence-electron chi connectivity index (χ4n) is 0.445. The summed E-state index contributed by atoms with van der Waals surface area (Å²) in [5.74, 6) is -0.571. The minimum Gasteiger partial charge on any atom is -0.478 e. The van der Waals surface area contributed by atoms with Crippen LogP contribution in [0.1, 0.15) is 5.82 Å². The largest absolute Gasteiger partial charge is 0.478 e. The van der Waals surface area contributed by atoms with Crippen LogP contribution in [-0.2, 0) is 4.79 Å². The van der Waals surface area contributed by atoms with Crippen LogP contribution in [0.5, 0.6) is 0 Å². The third kappa shape index (κ3) is 1.70. The SMILES string of the molecule is O=C(O)C=Cc1ncn[nH]1. The number of H-pyrrole nitrogens is 1. The first-order valence-corrected chi connectivity index (χ1v) is 2.55. The van der Waals surface area contributed by atoms with Crippen LogP contribution in [0.3, 0.4) is 0 Å². The zero-order chi connectivity index (χ0) is 7.40. The molecule has 0 unspecified atom stereocenters. The molecule has 2 N–H and O–H groups in total. The molecule has 0 spiro atoms. The summed E-state index contributed by atoms with van der Waals surface area (Å²) in [6.07, 6.45) is 3.62. The van der Waals surface area contributed by atoms with Crippen molar-refractivity contribution in [2.24, 2.45) is 0 Å². The molecule has 5 heteroatoms. The van der Waals surface area contributed by atoms with Gasteiger partial charge in [-0.1, -0.05) is 0 Å². The Labute approximate surface area is 56.4 Å². The predicted octanol–water partition coefficient (Wildman–Crippen LogP) is -0.0975. The van der Waals surface area contributed by atoms with Crippen molar-refractivity contribution in [1.82, 2.24) is 15.2 Å². The average Bonchev–Trinajstić information content (AvgIpc) is 2.34. The van der Waals surface area contributed by atoms with E-state index in [1.165, 1.54) is 12.4 Å². The number of aliphatic carboxylic acids is 1. The van der Waals surface area contributed by atoms with Gasteiger partial charge in [-0.15, -0.1) is 0 Å². The number of carboxylic acid groups (broad SMARTS) is 1. The summed E-state index contributed by atoms with van der Waals surface area (Å²) >= 11 is 0. The smallest absolute Gasteiger partial charge is 0.328 e. The summed E-state index contributed by atoms with van der Waals surface area (Å²) in [5, 5.41) is 14.2. The maximum atomic E-state index is 9.95. The first-order chi connectivity index (χ1) is 4.79. The summed E-state index contributed by atoms with van der Waals surface area (Å²) in [6, 6.07) is 0. The van der Waals surface area contributed by atoms with Gasteiger partial charge in [0, 0.05) is 6.08 Å². The molecule has 1 aromatic heterocycles. The Balaban J connectivity index is 2.64. The van der Waals surface area contributed by atoms with Crippen molar-refractivity contribution in [2.75, 3.05) is 0 Å². The van der Waals surface area contributed by atoms with E-state index in [9.17, 15) is 4.79 Å². The van der Waals surface area contributed by atoms with Gasteiger partial charge < -0.3 is 5.11 Å². The monoisotopic (exact) mass is 139 g/mol. The van der Waals surface area contributed by atoms with Crippen molar-refractivity contribution in [3.63, 3.8) is 0 Å². The molecular formula is C5H5N3O2. The Morgan fingerprint density at radius 2 is 2.60 bits per heavy atom. The molecule has 5 nitrogen and oxygen atoms in total. The van der Waals surface area contributed by atoms with Gasteiger partial charge in [0.05, 0.1) is 0 Å². The van der Waals surface area contributed by atoms with Gasteiger partial charge in [0.15, 0.2) is 0 Å². The van der Waals surface area contributed by atoms with E-state index in [2.05, 4.69) is 15.2 Å². The quantitative estimate of drug-likeness (QED) is 0.561. The Morgan fingerprint density at radius 3 is 3.10 bits per heavy atom.